The molecule has 0 unspecified atom stereocenters. The van der Waals surface area contributed by atoms with Crippen LogP contribution in [-0.4, -0.2) is 18.9 Å². The minimum Gasteiger partial charge on any atom is -0.469 e. The molecule has 0 aromatic heterocycles. The molecule has 0 radical (unpaired) electrons. The number of ketones is 1. The normalized spacial score (nSPS) is 6.67. The van der Waals surface area contributed by atoms with Crippen molar-refractivity contribution in [3.63, 3.8) is 0 Å². The molecule has 9 heavy (non-hydrogen) atoms. The monoisotopic (exact) mass is 132 g/mol. The molecule has 0 N–H and O–H groups in total. The van der Waals surface area contributed by atoms with Gasteiger partial charge in [-0.2, -0.15) is 0 Å². The average Bonchev–Trinajstić information content (AvgIpc) is 1.65. The summed E-state index contributed by atoms with van der Waals surface area (Å²) in [5, 5.41) is 0. The molecule has 0 aromatic carbocycles. The molecule has 0 spiro atoms. The Morgan fingerprint density at radius 1 is 1.11 bits per heavy atom. The number of ether oxygens (including phenoxy) is 1. The molecule has 0 rings (SSSR count). The molecule has 0 aliphatic heterocycles. The second kappa shape index (κ2) is 7.14. The predicted molar refractivity (Wildman–Crippen MR) is 34.0 cm³/mol. The van der Waals surface area contributed by atoms with Gasteiger partial charge in [-0.15, -0.1) is 0 Å². The van der Waals surface area contributed by atoms with Gasteiger partial charge in [0.2, 0.25) is 0 Å². The highest BCUT2D eigenvalue weighted by atomic mass is 16.5. The van der Waals surface area contributed by atoms with E-state index in [-0.39, 0.29) is 11.8 Å². The summed E-state index contributed by atoms with van der Waals surface area (Å²) in [7, 11) is 1.35. The zero-order valence-corrected chi connectivity index (χ0v) is 6.22. The van der Waals surface area contributed by atoms with E-state index in [9.17, 15) is 9.59 Å². The topological polar surface area (TPSA) is 43.4 Å². The van der Waals surface area contributed by atoms with Crippen LogP contribution in [0.3, 0.4) is 0 Å². The van der Waals surface area contributed by atoms with Gasteiger partial charge in [-0.05, 0) is 13.8 Å². The molecular weight excluding hydrogens is 120 g/mol. The van der Waals surface area contributed by atoms with Crippen LogP contribution in [0.4, 0.5) is 0 Å². The van der Waals surface area contributed by atoms with E-state index in [1.807, 2.05) is 0 Å². The Balaban J connectivity index is 0. The minimum absolute atomic E-state index is 0.167. The van der Waals surface area contributed by atoms with Gasteiger partial charge in [-0.3, -0.25) is 4.79 Å². The Hall–Kier alpha value is -0.860. The van der Waals surface area contributed by atoms with Crippen molar-refractivity contribution in [3.05, 3.63) is 0 Å². The molecule has 0 aromatic rings. The Bertz CT molecular complexity index is 92.5. The van der Waals surface area contributed by atoms with Crippen molar-refractivity contribution in [2.45, 2.75) is 20.8 Å². The fraction of sp³-hybridized carbons (Fsp3) is 0.667. The molecule has 0 aliphatic rings. The smallest absolute Gasteiger partial charge is 0.302 e. The number of rotatable bonds is 0. The first-order valence-corrected chi connectivity index (χ1v) is 2.52. The van der Waals surface area contributed by atoms with E-state index in [0.29, 0.717) is 0 Å². The molecule has 0 saturated carbocycles. The van der Waals surface area contributed by atoms with Crippen LogP contribution in [0, 0.1) is 0 Å². The first kappa shape index (κ1) is 11.0. The van der Waals surface area contributed by atoms with Crippen molar-refractivity contribution in [1.29, 1.82) is 0 Å². The Morgan fingerprint density at radius 2 is 1.22 bits per heavy atom. The molecule has 0 saturated heterocycles. The second-order valence-electron chi connectivity index (χ2n) is 1.60. The van der Waals surface area contributed by atoms with E-state index in [0.717, 1.165) is 0 Å². The highest BCUT2D eigenvalue weighted by molar-refractivity contribution is 5.72. The summed E-state index contributed by atoms with van der Waals surface area (Å²) in [6.45, 7) is 4.42. The highest BCUT2D eigenvalue weighted by Gasteiger charge is 1.75. The van der Waals surface area contributed by atoms with Gasteiger partial charge in [0.1, 0.15) is 5.78 Å². The first-order valence-electron chi connectivity index (χ1n) is 2.52. The predicted octanol–water partition coefficient (Wildman–Crippen LogP) is 0.775. The van der Waals surface area contributed by atoms with Crippen molar-refractivity contribution in [2.75, 3.05) is 7.11 Å². The van der Waals surface area contributed by atoms with Crippen LogP contribution < -0.4 is 0 Å². The van der Waals surface area contributed by atoms with Crippen LogP contribution in [0.2, 0.25) is 0 Å². The summed E-state index contributed by atoms with van der Waals surface area (Å²) >= 11 is 0. The minimum atomic E-state index is -0.245. The van der Waals surface area contributed by atoms with Crippen molar-refractivity contribution in [3.8, 4) is 0 Å². The van der Waals surface area contributed by atoms with Gasteiger partial charge in [-0.1, -0.05) is 0 Å². The van der Waals surface area contributed by atoms with E-state index in [4.69, 9.17) is 0 Å². The van der Waals surface area contributed by atoms with E-state index in [1.54, 1.807) is 0 Å². The molecule has 3 nitrogen and oxygen atoms in total. The SMILES string of the molecule is CC(C)=O.COC(C)=O. The summed E-state index contributed by atoms with van der Waals surface area (Å²) in [4.78, 5) is 19.0. The number of hydrogen-bond acceptors (Lipinski definition) is 3. The number of hydrogen-bond donors (Lipinski definition) is 0. The van der Waals surface area contributed by atoms with Crippen LogP contribution in [0.1, 0.15) is 20.8 Å². The van der Waals surface area contributed by atoms with Crippen molar-refractivity contribution in [1.82, 2.24) is 0 Å². The summed E-state index contributed by atoms with van der Waals surface area (Å²) in [5.74, 6) is -0.0787. The zero-order valence-electron chi connectivity index (χ0n) is 6.22. The Morgan fingerprint density at radius 3 is 1.22 bits per heavy atom. The lowest BCUT2D eigenvalue weighted by Gasteiger charge is -1.80. The fourth-order valence-corrected chi connectivity index (χ4v) is 0. The lowest BCUT2D eigenvalue weighted by Crippen LogP contribution is -1.88. The van der Waals surface area contributed by atoms with E-state index >= 15 is 0 Å². The third kappa shape index (κ3) is 145. The van der Waals surface area contributed by atoms with Gasteiger partial charge in [0, 0.05) is 6.92 Å². The standard InChI is InChI=1S/C3H6O2.C3H6O/c1-3(4)5-2;1-3(2)4/h1-2H3;1-2H3. The number of carbonyl (C=O) groups is 2. The van der Waals surface area contributed by atoms with Gasteiger partial charge in [-0.25, -0.2) is 0 Å². The van der Waals surface area contributed by atoms with E-state index in [2.05, 4.69) is 4.74 Å². The number of carbonyl (C=O) groups excluding carboxylic acids is 2. The first-order chi connectivity index (χ1) is 4.00. The number of esters is 1. The van der Waals surface area contributed by atoms with Crippen molar-refractivity contribution in [2.24, 2.45) is 0 Å². The quantitative estimate of drug-likeness (QED) is 0.457. The maximum atomic E-state index is 9.59. The van der Waals surface area contributed by atoms with E-state index < -0.39 is 0 Å². The molecule has 0 aliphatic carbocycles. The lowest BCUT2D eigenvalue weighted by molar-refractivity contribution is -0.137. The maximum absolute atomic E-state index is 9.59. The fourth-order valence-electron chi connectivity index (χ4n) is 0. The molecule has 0 heterocycles. The summed E-state index contributed by atoms with van der Waals surface area (Å²) in [5.41, 5.74) is 0. The Labute approximate surface area is 55.0 Å². The van der Waals surface area contributed by atoms with Gasteiger partial charge >= 0.3 is 5.97 Å². The summed E-state index contributed by atoms with van der Waals surface area (Å²) < 4.78 is 4.11. The van der Waals surface area contributed by atoms with Gasteiger partial charge in [0.05, 0.1) is 7.11 Å². The lowest BCUT2D eigenvalue weighted by atomic mass is 10.6. The molecule has 0 fully saturated rings. The largest absolute Gasteiger partial charge is 0.469 e. The average molecular weight is 132 g/mol. The van der Waals surface area contributed by atoms with Crippen LogP contribution >= 0.6 is 0 Å². The maximum Gasteiger partial charge on any atom is 0.302 e. The number of methoxy groups -OCH3 is 1. The second-order valence-corrected chi connectivity index (χ2v) is 1.60. The molecule has 0 atom stereocenters. The van der Waals surface area contributed by atoms with E-state index in [1.165, 1.54) is 27.9 Å². The molecule has 0 bridgehead atoms. The molecular formula is C6H12O3. The Kier molecular flexibility index (Phi) is 8.73. The van der Waals surface area contributed by atoms with Crippen LogP contribution in [0.15, 0.2) is 0 Å². The van der Waals surface area contributed by atoms with Gasteiger partial charge < -0.3 is 9.53 Å². The molecule has 3 heteroatoms. The summed E-state index contributed by atoms with van der Waals surface area (Å²) in [6, 6.07) is 0. The van der Waals surface area contributed by atoms with Crippen LogP contribution in [0.5, 0.6) is 0 Å². The molecule has 0 amide bonds. The van der Waals surface area contributed by atoms with Gasteiger partial charge in [0.15, 0.2) is 0 Å². The third-order valence-electron chi connectivity index (χ3n) is 0.287. The van der Waals surface area contributed by atoms with Crippen molar-refractivity contribution >= 4 is 11.8 Å². The zero-order chi connectivity index (χ0) is 7.86. The highest BCUT2D eigenvalue weighted by Crippen LogP contribution is 1.60. The number of Topliss-reactive ketones (excluding diaryl/α,β-unsaturated/α-hetero) is 1. The van der Waals surface area contributed by atoms with Gasteiger partial charge in [0.25, 0.3) is 0 Å². The van der Waals surface area contributed by atoms with Crippen LogP contribution in [0.25, 0.3) is 0 Å². The van der Waals surface area contributed by atoms with Crippen molar-refractivity contribution < 1.29 is 14.3 Å². The third-order valence-corrected chi connectivity index (χ3v) is 0.287. The summed E-state index contributed by atoms with van der Waals surface area (Å²) in [6.07, 6.45) is 0. The molecule has 54 valence electrons. The van der Waals surface area contributed by atoms with Crippen LogP contribution in [-0.2, 0) is 14.3 Å².